The Morgan fingerprint density at radius 3 is 2.56 bits per heavy atom. The minimum Gasteiger partial charge on any atom is -0.496 e. The van der Waals surface area contributed by atoms with E-state index >= 15 is 0 Å². The summed E-state index contributed by atoms with van der Waals surface area (Å²) < 4.78 is 77.3. The van der Waals surface area contributed by atoms with Crippen LogP contribution in [0.5, 0.6) is 5.75 Å². The van der Waals surface area contributed by atoms with E-state index in [2.05, 4.69) is 15.3 Å². The van der Waals surface area contributed by atoms with Gasteiger partial charge in [0.15, 0.2) is 0 Å². The fourth-order valence-electron chi connectivity index (χ4n) is 4.48. The number of nitrogens with one attached hydrogen (secondary N) is 1. The second-order valence-electron chi connectivity index (χ2n) is 9.23. The maximum atomic E-state index is 13.6. The predicted octanol–water partition coefficient (Wildman–Crippen LogP) is 5.48. The number of esters is 1. The Labute approximate surface area is 239 Å². The Bertz CT molecular complexity index is 1550. The standard InChI is InChI=1S/C27H28F3N3O6S2/c1-3-39-25(35)23-17-10-5-7-12-20(17)40-24(23)33-22(34)13-8-14-41(36,37)26-31-18(15-21(32-26)27(28,29)30)16-9-4-6-11-19(16)38-2/h4,6,9,11,15H,3,5,7-8,10,12-14H2,1-2H3,(H,33,34). The van der Waals surface area contributed by atoms with Gasteiger partial charge in [-0.05, 0) is 62.8 Å². The van der Waals surface area contributed by atoms with E-state index in [1.165, 1.54) is 30.6 Å². The lowest BCUT2D eigenvalue weighted by atomic mass is 9.95. The van der Waals surface area contributed by atoms with Crippen molar-refractivity contribution >= 4 is 38.1 Å². The average molecular weight is 612 g/mol. The number of halogens is 3. The first-order valence-electron chi connectivity index (χ1n) is 12.9. The van der Waals surface area contributed by atoms with E-state index in [-0.39, 0.29) is 36.5 Å². The first kappa shape index (κ1) is 30.4. The van der Waals surface area contributed by atoms with Gasteiger partial charge in [-0.2, -0.15) is 13.2 Å². The number of carbonyl (C=O) groups excluding carboxylic acids is 2. The van der Waals surface area contributed by atoms with Gasteiger partial charge in [0.25, 0.3) is 0 Å². The summed E-state index contributed by atoms with van der Waals surface area (Å²) >= 11 is 1.30. The molecule has 1 aliphatic rings. The van der Waals surface area contributed by atoms with Gasteiger partial charge in [0.05, 0.1) is 30.7 Å². The number of benzene rings is 1. The third-order valence-electron chi connectivity index (χ3n) is 6.38. The molecule has 0 fully saturated rings. The molecule has 1 aromatic carbocycles. The van der Waals surface area contributed by atoms with Gasteiger partial charge in [-0.3, -0.25) is 4.79 Å². The number of rotatable bonds is 10. The number of hydrogen-bond acceptors (Lipinski definition) is 9. The van der Waals surface area contributed by atoms with Crippen molar-refractivity contribution in [3.63, 3.8) is 0 Å². The number of thiophene rings is 1. The topological polar surface area (TPSA) is 125 Å². The van der Waals surface area contributed by atoms with Crippen LogP contribution in [0, 0.1) is 0 Å². The van der Waals surface area contributed by atoms with Crippen LogP contribution in [0.2, 0.25) is 0 Å². The summed E-state index contributed by atoms with van der Waals surface area (Å²) in [5.41, 5.74) is -0.333. The van der Waals surface area contributed by atoms with Crippen LogP contribution in [0.4, 0.5) is 18.2 Å². The Kier molecular flexibility index (Phi) is 9.32. The zero-order valence-corrected chi connectivity index (χ0v) is 24.0. The summed E-state index contributed by atoms with van der Waals surface area (Å²) in [6.07, 6.45) is -2.04. The van der Waals surface area contributed by atoms with E-state index in [0.29, 0.717) is 23.1 Å². The number of para-hydroxylation sites is 1. The number of fused-ring (bicyclic) bond motifs is 1. The molecule has 0 bridgehead atoms. The third kappa shape index (κ3) is 7.04. The maximum absolute atomic E-state index is 13.6. The largest absolute Gasteiger partial charge is 0.496 e. The number of anilines is 1. The molecule has 9 nitrogen and oxygen atoms in total. The van der Waals surface area contributed by atoms with Gasteiger partial charge in [0, 0.05) is 16.9 Å². The molecule has 3 aromatic rings. The fourth-order valence-corrected chi connectivity index (χ4v) is 6.96. The Balaban J connectivity index is 1.51. The van der Waals surface area contributed by atoms with Gasteiger partial charge < -0.3 is 14.8 Å². The minimum atomic E-state index is -4.93. The second-order valence-corrected chi connectivity index (χ2v) is 12.3. The Hall–Kier alpha value is -3.52. The summed E-state index contributed by atoms with van der Waals surface area (Å²) in [6.45, 7) is 1.86. The van der Waals surface area contributed by atoms with Crippen molar-refractivity contribution in [1.82, 2.24) is 9.97 Å². The summed E-state index contributed by atoms with van der Waals surface area (Å²) in [4.78, 5) is 33.6. The number of ether oxygens (including phenoxy) is 2. The van der Waals surface area contributed by atoms with Gasteiger partial charge in [-0.1, -0.05) is 12.1 Å². The molecule has 0 radical (unpaired) electrons. The molecule has 1 N–H and O–H groups in total. The number of carbonyl (C=O) groups is 2. The molecule has 1 aliphatic carbocycles. The van der Waals surface area contributed by atoms with Gasteiger partial charge in [-0.25, -0.2) is 23.2 Å². The number of methoxy groups -OCH3 is 1. The Morgan fingerprint density at radius 1 is 1.12 bits per heavy atom. The highest BCUT2D eigenvalue weighted by Gasteiger charge is 2.36. The quantitative estimate of drug-likeness (QED) is 0.236. The average Bonchev–Trinajstić information content (AvgIpc) is 3.30. The smallest absolute Gasteiger partial charge is 0.433 e. The zero-order valence-electron chi connectivity index (χ0n) is 22.3. The van der Waals surface area contributed by atoms with Gasteiger partial charge in [0.2, 0.25) is 20.9 Å². The molecule has 0 saturated carbocycles. The van der Waals surface area contributed by atoms with E-state index in [1.807, 2.05) is 0 Å². The summed E-state index contributed by atoms with van der Waals surface area (Å²) in [7, 11) is -3.08. The van der Waals surface area contributed by atoms with Crippen LogP contribution >= 0.6 is 11.3 Å². The summed E-state index contributed by atoms with van der Waals surface area (Å²) in [5.74, 6) is -1.53. The third-order valence-corrected chi connectivity index (χ3v) is 9.15. The fraction of sp³-hybridized carbons (Fsp3) is 0.407. The van der Waals surface area contributed by atoms with Crippen molar-refractivity contribution < 1.29 is 40.7 Å². The molecule has 41 heavy (non-hydrogen) atoms. The van der Waals surface area contributed by atoms with E-state index < -0.39 is 44.5 Å². The van der Waals surface area contributed by atoms with Crippen LogP contribution in [-0.4, -0.2) is 49.7 Å². The summed E-state index contributed by atoms with van der Waals surface area (Å²) in [5, 5.41) is 2.05. The van der Waals surface area contributed by atoms with Crippen molar-refractivity contribution in [3.8, 4) is 17.0 Å². The number of aromatic nitrogens is 2. The number of amides is 1. The minimum absolute atomic E-state index is 0.162. The first-order valence-corrected chi connectivity index (χ1v) is 15.4. The van der Waals surface area contributed by atoms with Crippen LogP contribution in [0.25, 0.3) is 11.3 Å². The maximum Gasteiger partial charge on any atom is 0.433 e. The highest BCUT2D eigenvalue weighted by atomic mass is 32.2. The molecule has 220 valence electrons. The summed E-state index contributed by atoms with van der Waals surface area (Å²) in [6, 6.07) is 6.78. The zero-order chi connectivity index (χ0) is 29.8. The van der Waals surface area contributed by atoms with E-state index in [4.69, 9.17) is 9.47 Å². The van der Waals surface area contributed by atoms with Crippen molar-refractivity contribution in [2.24, 2.45) is 0 Å². The molecule has 14 heteroatoms. The predicted molar refractivity (Wildman–Crippen MR) is 146 cm³/mol. The molecule has 0 atom stereocenters. The monoisotopic (exact) mass is 611 g/mol. The van der Waals surface area contributed by atoms with Crippen molar-refractivity contribution in [2.45, 2.75) is 56.8 Å². The van der Waals surface area contributed by atoms with Crippen LogP contribution in [0.3, 0.4) is 0 Å². The first-order chi connectivity index (χ1) is 19.4. The molecular weight excluding hydrogens is 583 g/mol. The highest BCUT2D eigenvalue weighted by molar-refractivity contribution is 7.91. The molecule has 1 amide bonds. The molecule has 0 spiro atoms. The lowest BCUT2D eigenvalue weighted by molar-refractivity contribution is -0.141. The van der Waals surface area contributed by atoms with E-state index in [9.17, 15) is 31.2 Å². The molecular formula is C27H28F3N3O6S2. The second kappa shape index (κ2) is 12.6. The number of alkyl halides is 3. The van der Waals surface area contributed by atoms with Crippen LogP contribution < -0.4 is 10.1 Å². The van der Waals surface area contributed by atoms with Crippen molar-refractivity contribution in [3.05, 3.63) is 52.0 Å². The number of hydrogen-bond donors (Lipinski definition) is 1. The van der Waals surface area contributed by atoms with Crippen LogP contribution in [0.1, 0.15) is 59.1 Å². The SMILES string of the molecule is CCOC(=O)c1c(NC(=O)CCCS(=O)(=O)c2nc(-c3ccccc3OC)cc(C(F)(F)F)n2)sc2c1CCCC2. The molecule has 0 unspecified atom stereocenters. The lowest BCUT2D eigenvalue weighted by Crippen LogP contribution is -2.19. The van der Waals surface area contributed by atoms with Crippen LogP contribution in [0.15, 0.2) is 35.5 Å². The normalized spacial score (nSPS) is 13.4. The molecule has 4 rings (SSSR count). The number of aryl methyl sites for hydroxylation is 1. The number of sulfone groups is 1. The van der Waals surface area contributed by atoms with Gasteiger partial charge in [-0.15, -0.1) is 11.3 Å². The van der Waals surface area contributed by atoms with Crippen molar-refractivity contribution in [2.75, 3.05) is 24.8 Å². The molecule has 2 aromatic heterocycles. The molecule has 2 heterocycles. The molecule has 0 saturated heterocycles. The van der Waals surface area contributed by atoms with Crippen molar-refractivity contribution in [1.29, 1.82) is 0 Å². The van der Waals surface area contributed by atoms with Gasteiger partial charge in [0.1, 0.15) is 16.4 Å². The van der Waals surface area contributed by atoms with E-state index in [0.717, 1.165) is 29.7 Å². The van der Waals surface area contributed by atoms with Crippen LogP contribution in [-0.2, 0) is 38.4 Å². The van der Waals surface area contributed by atoms with E-state index in [1.54, 1.807) is 19.1 Å². The molecule has 0 aliphatic heterocycles. The highest BCUT2D eigenvalue weighted by Crippen LogP contribution is 2.39. The number of nitrogens with zero attached hydrogens (tertiary/aromatic N) is 2. The Morgan fingerprint density at radius 2 is 1.85 bits per heavy atom. The van der Waals surface area contributed by atoms with Gasteiger partial charge >= 0.3 is 12.1 Å². The lowest BCUT2D eigenvalue weighted by Gasteiger charge is -2.13.